The van der Waals surface area contributed by atoms with Crippen molar-refractivity contribution in [2.45, 2.75) is 26.3 Å². The van der Waals surface area contributed by atoms with Crippen LogP contribution in [0, 0.1) is 22.7 Å². The van der Waals surface area contributed by atoms with Crippen LogP contribution in [-0.2, 0) is 6.54 Å². The zero-order chi connectivity index (χ0) is 9.84. The summed E-state index contributed by atoms with van der Waals surface area (Å²) in [6, 6.07) is 3.92. The van der Waals surface area contributed by atoms with Crippen LogP contribution in [0.3, 0.4) is 0 Å². The molecule has 0 fully saturated rings. The second-order valence-corrected chi connectivity index (χ2v) is 2.91. The van der Waals surface area contributed by atoms with Gasteiger partial charge < -0.3 is 0 Å². The first-order chi connectivity index (χ1) is 6.20. The maximum Gasteiger partial charge on any atom is 0.186 e. The van der Waals surface area contributed by atoms with Crippen molar-refractivity contribution in [3.8, 4) is 12.1 Å². The van der Waals surface area contributed by atoms with E-state index >= 15 is 0 Å². The van der Waals surface area contributed by atoms with Gasteiger partial charge in [0.05, 0.1) is 11.8 Å². The summed E-state index contributed by atoms with van der Waals surface area (Å²) in [4.78, 5) is 0. The highest BCUT2D eigenvalue weighted by atomic mass is 15.4. The number of hydrogen-bond donors (Lipinski definition) is 0. The minimum Gasteiger partial charge on any atom is -0.234 e. The molecule has 0 radical (unpaired) electrons. The first-order valence-electron chi connectivity index (χ1n) is 3.91. The molecule has 1 heterocycles. The summed E-state index contributed by atoms with van der Waals surface area (Å²) in [7, 11) is 0. The Hall–Kier alpha value is -1.88. The van der Waals surface area contributed by atoms with Gasteiger partial charge in [-0.1, -0.05) is 19.1 Å². The van der Waals surface area contributed by atoms with Crippen LogP contribution in [0.15, 0.2) is 0 Å². The van der Waals surface area contributed by atoms with E-state index in [9.17, 15) is 0 Å². The molecule has 1 rings (SSSR count). The highest BCUT2D eigenvalue weighted by molar-refractivity contribution is 5.27. The van der Waals surface area contributed by atoms with Gasteiger partial charge in [-0.15, -0.1) is 5.10 Å². The molecule has 1 aromatic heterocycles. The molecule has 5 heteroatoms. The second-order valence-electron chi connectivity index (χ2n) is 2.91. The van der Waals surface area contributed by atoms with Gasteiger partial charge in [0, 0.05) is 0 Å². The van der Waals surface area contributed by atoms with E-state index in [2.05, 4.69) is 10.3 Å². The van der Waals surface area contributed by atoms with Gasteiger partial charge in [-0.2, -0.15) is 10.5 Å². The summed E-state index contributed by atoms with van der Waals surface area (Å²) in [5, 5.41) is 24.6. The van der Waals surface area contributed by atoms with Crippen LogP contribution in [0.4, 0.5) is 0 Å². The van der Waals surface area contributed by atoms with E-state index in [0.717, 1.165) is 5.69 Å². The third kappa shape index (κ3) is 1.65. The molecule has 0 atom stereocenters. The van der Waals surface area contributed by atoms with Crippen molar-refractivity contribution in [3.05, 3.63) is 11.4 Å². The molecule has 0 aliphatic carbocycles. The molecule has 0 amide bonds. The van der Waals surface area contributed by atoms with E-state index in [1.165, 1.54) is 4.68 Å². The van der Waals surface area contributed by atoms with E-state index < -0.39 is 0 Å². The Balaban J connectivity index is 3.17. The Labute approximate surface area is 76.2 Å². The van der Waals surface area contributed by atoms with E-state index in [4.69, 9.17) is 10.5 Å². The molecule has 0 saturated heterocycles. The number of nitriles is 2. The predicted molar refractivity (Wildman–Crippen MR) is 44.4 cm³/mol. The van der Waals surface area contributed by atoms with Crippen LogP contribution in [0.2, 0.25) is 0 Å². The van der Waals surface area contributed by atoms with Crippen LogP contribution in [-0.4, -0.2) is 15.0 Å². The van der Waals surface area contributed by atoms with Crippen LogP contribution in [0.5, 0.6) is 0 Å². The fraction of sp³-hybridized carbons (Fsp3) is 0.500. The normalized spacial score (nSPS) is 9.62. The lowest BCUT2D eigenvalue weighted by Crippen LogP contribution is -2.05. The van der Waals surface area contributed by atoms with Crippen LogP contribution in [0.25, 0.3) is 0 Å². The molecular formula is C8H9N5. The van der Waals surface area contributed by atoms with Crippen molar-refractivity contribution in [1.29, 1.82) is 10.5 Å². The zero-order valence-electron chi connectivity index (χ0n) is 7.52. The second kappa shape index (κ2) is 3.68. The van der Waals surface area contributed by atoms with Crippen molar-refractivity contribution in [2.24, 2.45) is 0 Å². The highest BCUT2D eigenvalue weighted by Gasteiger charge is 2.14. The Kier molecular flexibility index (Phi) is 2.61. The summed E-state index contributed by atoms with van der Waals surface area (Å²) in [5.41, 5.74) is 1.04. The number of nitrogens with zero attached hydrogens (tertiary/aromatic N) is 5. The minimum atomic E-state index is 0.141. The van der Waals surface area contributed by atoms with Crippen molar-refractivity contribution in [1.82, 2.24) is 15.0 Å². The summed E-state index contributed by atoms with van der Waals surface area (Å²) in [5.74, 6) is 0.151. The standard InChI is InChI=1S/C8H9N5/c1-6(2)8-7(5-10)11-12-13(8)4-3-9/h6H,4H2,1-2H3. The van der Waals surface area contributed by atoms with Gasteiger partial charge >= 0.3 is 0 Å². The quantitative estimate of drug-likeness (QED) is 0.665. The molecule has 0 aromatic carbocycles. The third-order valence-electron chi connectivity index (χ3n) is 1.65. The summed E-state index contributed by atoms with van der Waals surface area (Å²) in [6.07, 6.45) is 0. The van der Waals surface area contributed by atoms with Gasteiger partial charge in [0.1, 0.15) is 12.6 Å². The average molecular weight is 175 g/mol. The van der Waals surface area contributed by atoms with Gasteiger partial charge in [-0.05, 0) is 5.92 Å². The predicted octanol–water partition coefficient (Wildman–Crippen LogP) is 0.797. The summed E-state index contributed by atoms with van der Waals surface area (Å²) < 4.78 is 1.46. The maximum absolute atomic E-state index is 8.70. The topological polar surface area (TPSA) is 78.3 Å². The molecule has 66 valence electrons. The molecule has 0 aliphatic heterocycles. The van der Waals surface area contributed by atoms with Crippen LogP contribution < -0.4 is 0 Å². The zero-order valence-corrected chi connectivity index (χ0v) is 7.52. The van der Waals surface area contributed by atoms with Crippen molar-refractivity contribution in [2.75, 3.05) is 0 Å². The third-order valence-corrected chi connectivity index (χ3v) is 1.65. The van der Waals surface area contributed by atoms with Crippen LogP contribution in [0.1, 0.15) is 31.2 Å². The molecule has 0 spiro atoms. The minimum absolute atomic E-state index is 0.141. The molecule has 0 N–H and O–H groups in total. The molecule has 0 bridgehead atoms. The Morgan fingerprint density at radius 1 is 1.46 bits per heavy atom. The molecule has 5 nitrogen and oxygen atoms in total. The Bertz CT molecular complexity index is 376. The van der Waals surface area contributed by atoms with Gasteiger partial charge in [0.15, 0.2) is 5.69 Å². The lowest BCUT2D eigenvalue weighted by atomic mass is 10.1. The molecular weight excluding hydrogens is 166 g/mol. The maximum atomic E-state index is 8.70. The van der Waals surface area contributed by atoms with E-state index in [1.54, 1.807) is 0 Å². The fourth-order valence-corrected chi connectivity index (χ4v) is 1.16. The average Bonchev–Trinajstić information content (AvgIpc) is 2.48. The highest BCUT2D eigenvalue weighted by Crippen LogP contribution is 2.16. The van der Waals surface area contributed by atoms with Crippen molar-refractivity contribution < 1.29 is 0 Å². The summed E-state index contributed by atoms with van der Waals surface area (Å²) >= 11 is 0. The molecule has 0 aliphatic rings. The molecule has 1 aromatic rings. The Morgan fingerprint density at radius 2 is 2.15 bits per heavy atom. The number of hydrogen-bond acceptors (Lipinski definition) is 4. The lowest BCUT2D eigenvalue weighted by Gasteiger charge is -2.04. The first-order valence-corrected chi connectivity index (χ1v) is 3.91. The SMILES string of the molecule is CC(C)c1c(C#N)nnn1CC#N. The number of rotatable bonds is 2. The van der Waals surface area contributed by atoms with Gasteiger partial charge in [-0.3, -0.25) is 0 Å². The largest absolute Gasteiger partial charge is 0.234 e. The van der Waals surface area contributed by atoms with Crippen molar-refractivity contribution >= 4 is 0 Å². The van der Waals surface area contributed by atoms with Gasteiger partial charge in [-0.25, -0.2) is 4.68 Å². The molecule has 13 heavy (non-hydrogen) atoms. The fourth-order valence-electron chi connectivity index (χ4n) is 1.16. The summed E-state index contributed by atoms with van der Waals surface area (Å²) in [6.45, 7) is 4.02. The van der Waals surface area contributed by atoms with Gasteiger partial charge in [0.2, 0.25) is 0 Å². The lowest BCUT2D eigenvalue weighted by molar-refractivity contribution is 0.612. The smallest absolute Gasteiger partial charge is 0.186 e. The van der Waals surface area contributed by atoms with Gasteiger partial charge in [0.25, 0.3) is 0 Å². The molecule has 0 unspecified atom stereocenters. The van der Waals surface area contributed by atoms with Crippen LogP contribution >= 0.6 is 0 Å². The first kappa shape index (κ1) is 9.21. The Morgan fingerprint density at radius 3 is 2.62 bits per heavy atom. The molecule has 0 saturated carbocycles. The monoisotopic (exact) mass is 175 g/mol. The van der Waals surface area contributed by atoms with Crippen molar-refractivity contribution in [3.63, 3.8) is 0 Å². The van der Waals surface area contributed by atoms with E-state index in [1.807, 2.05) is 26.0 Å². The van der Waals surface area contributed by atoms with E-state index in [0.29, 0.717) is 5.69 Å². The van der Waals surface area contributed by atoms with E-state index in [-0.39, 0.29) is 12.5 Å². The number of aromatic nitrogens is 3.